The van der Waals surface area contributed by atoms with Crippen molar-refractivity contribution in [2.45, 2.75) is 52.6 Å². The molecule has 0 unspecified atom stereocenters. The second kappa shape index (κ2) is 12.8. The SMILES string of the molecule is COc1ccccc1N1CCN(C[C@H](O)COCCOc2ccc(C(C)(C)CC(C)(C)C)cc2)CC1. The van der Waals surface area contributed by atoms with Gasteiger partial charge in [0.25, 0.3) is 0 Å². The van der Waals surface area contributed by atoms with Gasteiger partial charge in [-0.05, 0) is 47.1 Å². The van der Waals surface area contributed by atoms with Crippen molar-refractivity contribution in [3.8, 4) is 11.5 Å². The minimum Gasteiger partial charge on any atom is -0.495 e. The molecule has 1 N–H and O–H groups in total. The summed E-state index contributed by atoms with van der Waals surface area (Å²) in [6.45, 7) is 16.9. The summed E-state index contributed by atoms with van der Waals surface area (Å²) in [5.74, 6) is 1.75. The van der Waals surface area contributed by atoms with E-state index in [2.05, 4.69) is 62.6 Å². The highest BCUT2D eigenvalue weighted by Crippen LogP contribution is 2.36. The van der Waals surface area contributed by atoms with Gasteiger partial charge in [0.05, 0.1) is 32.1 Å². The zero-order chi connectivity index (χ0) is 26.2. The van der Waals surface area contributed by atoms with Crippen molar-refractivity contribution in [3.63, 3.8) is 0 Å². The van der Waals surface area contributed by atoms with Crippen LogP contribution in [0.25, 0.3) is 0 Å². The molecular weight excluding hydrogens is 452 g/mol. The Hall–Kier alpha value is -2.28. The Morgan fingerprint density at radius 3 is 2.19 bits per heavy atom. The van der Waals surface area contributed by atoms with Crippen molar-refractivity contribution in [2.24, 2.45) is 5.41 Å². The van der Waals surface area contributed by atoms with E-state index in [1.165, 1.54) is 5.56 Å². The molecule has 2 aromatic carbocycles. The maximum absolute atomic E-state index is 10.4. The van der Waals surface area contributed by atoms with Crippen molar-refractivity contribution in [1.29, 1.82) is 0 Å². The Labute approximate surface area is 218 Å². The average Bonchev–Trinajstić information content (AvgIpc) is 2.83. The van der Waals surface area contributed by atoms with Crippen LogP contribution < -0.4 is 14.4 Å². The maximum atomic E-state index is 10.4. The Kier molecular flexibility index (Phi) is 10.1. The number of aliphatic hydroxyl groups excluding tert-OH is 1. The van der Waals surface area contributed by atoms with Gasteiger partial charge >= 0.3 is 0 Å². The number of β-amino-alcohol motifs (C(OH)–C–C–N with tert-alkyl or cyclic N) is 1. The summed E-state index contributed by atoms with van der Waals surface area (Å²) in [4.78, 5) is 4.63. The molecule has 1 aliphatic rings. The van der Waals surface area contributed by atoms with Crippen molar-refractivity contribution >= 4 is 5.69 Å². The van der Waals surface area contributed by atoms with Crippen LogP contribution in [0.15, 0.2) is 48.5 Å². The average molecular weight is 499 g/mol. The molecule has 0 spiro atoms. The van der Waals surface area contributed by atoms with Crippen molar-refractivity contribution in [3.05, 3.63) is 54.1 Å². The lowest BCUT2D eigenvalue weighted by Gasteiger charge is -2.37. The molecule has 0 amide bonds. The van der Waals surface area contributed by atoms with Gasteiger partial charge in [-0.1, -0.05) is 58.9 Å². The van der Waals surface area contributed by atoms with Gasteiger partial charge in [-0.2, -0.15) is 0 Å². The van der Waals surface area contributed by atoms with Crippen LogP contribution in [-0.4, -0.2) is 75.8 Å². The first-order valence-electron chi connectivity index (χ1n) is 13.2. The van der Waals surface area contributed by atoms with Crippen LogP contribution in [0.5, 0.6) is 11.5 Å². The monoisotopic (exact) mass is 498 g/mol. The number of ether oxygens (including phenoxy) is 3. The van der Waals surface area contributed by atoms with Crippen LogP contribution in [0, 0.1) is 5.41 Å². The van der Waals surface area contributed by atoms with Gasteiger partial charge in [0.15, 0.2) is 0 Å². The highest BCUT2D eigenvalue weighted by atomic mass is 16.5. The first-order chi connectivity index (χ1) is 17.1. The number of benzene rings is 2. The van der Waals surface area contributed by atoms with E-state index < -0.39 is 6.10 Å². The van der Waals surface area contributed by atoms with E-state index in [0.29, 0.717) is 26.4 Å². The van der Waals surface area contributed by atoms with Crippen molar-refractivity contribution < 1.29 is 19.3 Å². The molecule has 0 bridgehead atoms. The number of nitrogens with zero attached hydrogens (tertiary/aromatic N) is 2. The summed E-state index contributed by atoms with van der Waals surface area (Å²) in [5, 5.41) is 10.4. The van der Waals surface area contributed by atoms with Gasteiger partial charge in [-0.3, -0.25) is 4.90 Å². The fourth-order valence-electron chi connectivity index (χ4n) is 5.28. The van der Waals surface area contributed by atoms with Crippen LogP contribution in [0.3, 0.4) is 0 Å². The van der Waals surface area contributed by atoms with Crippen molar-refractivity contribution in [1.82, 2.24) is 4.90 Å². The molecule has 0 radical (unpaired) electrons. The van der Waals surface area contributed by atoms with Crippen LogP contribution >= 0.6 is 0 Å². The molecule has 1 saturated heterocycles. The number of anilines is 1. The van der Waals surface area contributed by atoms with Gasteiger partial charge in [0, 0.05) is 32.7 Å². The molecule has 3 rings (SSSR count). The minimum atomic E-state index is -0.507. The molecule has 1 atom stereocenters. The van der Waals surface area contributed by atoms with Crippen LogP contribution in [0.2, 0.25) is 0 Å². The summed E-state index contributed by atoms with van der Waals surface area (Å²) in [7, 11) is 1.71. The number of hydrogen-bond donors (Lipinski definition) is 1. The van der Waals surface area contributed by atoms with Crippen LogP contribution in [0.1, 0.15) is 46.6 Å². The second-order valence-corrected chi connectivity index (χ2v) is 11.7. The zero-order valence-electron chi connectivity index (χ0n) is 23.1. The van der Waals surface area contributed by atoms with E-state index in [-0.39, 0.29) is 10.8 Å². The van der Waals surface area contributed by atoms with E-state index in [4.69, 9.17) is 14.2 Å². The zero-order valence-corrected chi connectivity index (χ0v) is 23.1. The maximum Gasteiger partial charge on any atom is 0.142 e. The molecule has 36 heavy (non-hydrogen) atoms. The summed E-state index contributed by atoms with van der Waals surface area (Å²) in [6.07, 6.45) is 0.612. The lowest BCUT2D eigenvalue weighted by atomic mass is 9.72. The number of rotatable bonds is 12. The van der Waals surface area contributed by atoms with E-state index in [1.54, 1.807) is 7.11 Å². The highest BCUT2D eigenvalue weighted by molar-refractivity contribution is 5.58. The van der Waals surface area contributed by atoms with Gasteiger partial charge in [0.2, 0.25) is 0 Å². The molecule has 1 fully saturated rings. The number of piperazine rings is 1. The van der Waals surface area contributed by atoms with Gasteiger partial charge in [-0.15, -0.1) is 0 Å². The van der Waals surface area contributed by atoms with E-state index in [9.17, 15) is 5.11 Å². The van der Waals surface area contributed by atoms with E-state index in [0.717, 1.165) is 49.8 Å². The highest BCUT2D eigenvalue weighted by Gasteiger charge is 2.27. The normalized spacial score (nSPS) is 16.1. The Morgan fingerprint density at radius 2 is 1.56 bits per heavy atom. The fraction of sp³-hybridized carbons (Fsp3) is 0.600. The summed E-state index contributed by atoms with van der Waals surface area (Å²) in [6, 6.07) is 16.5. The smallest absolute Gasteiger partial charge is 0.142 e. The minimum absolute atomic E-state index is 0.122. The third kappa shape index (κ3) is 8.68. The number of hydrogen-bond acceptors (Lipinski definition) is 6. The predicted molar refractivity (Wildman–Crippen MR) is 148 cm³/mol. The van der Waals surface area contributed by atoms with Crippen molar-refractivity contribution in [2.75, 3.05) is 64.6 Å². The lowest BCUT2D eigenvalue weighted by Crippen LogP contribution is -2.49. The molecule has 6 heteroatoms. The Balaban J connectivity index is 1.31. The molecule has 0 saturated carbocycles. The molecule has 1 aliphatic heterocycles. The van der Waals surface area contributed by atoms with Gasteiger partial charge in [0.1, 0.15) is 18.1 Å². The molecule has 2 aromatic rings. The first-order valence-corrected chi connectivity index (χ1v) is 13.2. The molecule has 0 aromatic heterocycles. The topological polar surface area (TPSA) is 54.4 Å². The largest absolute Gasteiger partial charge is 0.495 e. The number of para-hydroxylation sites is 2. The third-order valence-corrected chi connectivity index (χ3v) is 6.68. The quantitative estimate of drug-likeness (QED) is 0.416. The van der Waals surface area contributed by atoms with E-state index >= 15 is 0 Å². The molecule has 6 nitrogen and oxygen atoms in total. The summed E-state index contributed by atoms with van der Waals surface area (Å²) >= 11 is 0. The molecule has 1 heterocycles. The number of aliphatic hydroxyl groups is 1. The van der Waals surface area contributed by atoms with Crippen LogP contribution in [-0.2, 0) is 10.2 Å². The van der Waals surface area contributed by atoms with Gasteiger partial charge < -0.3 is 24.2 Å². The summed E-state index contributed by atoms with van der Waals surface area (Å²) in [5.41, 5.74) is 2.86. The second-order valence-electron chi connectivity index (χ2n) is 11.7. The number of methoxy groups -OCH3 is 1. The Morgan fingerprint density at radius 1 is 0.889 bits per heavy atom. The van der Waals surface area contributed by atoms with E-state index in [1.807, 2.05) is 30.3 Å². The predicted octanol–water partition coefficient (Wildman–Crippen LogP) is 4.99. The fourth-order valence-corrected chi connectivity index (χ4v) is 5.28. The first kappa shape index (κ1) is 28.3. The molecular formula is C30H46N2O4. The Bertz CT molecular complexity index is 915. The van der Waals surface area contributed by atoms with Crippen LogP contribution in [0.4, 0.5) is 5.69 Å². The summed E-state index contributed by atoms with van der Waals surface area (Å²) < 4.78 is 17.0. The van der Waals surface area contributed by atoms with Gasteiger partial charge in [-0.25, -0.2) is 0 Å². The standard InChI is InChI=1S/C30H46N2O4/c1-29(2,3)23-30(4,5)24-11-13-26(14-12-24)36-20-19-35-22-25(33)21-31-15-17-32(18-16-31)27-9-7-8-10-28(27)34-6/h7-14,25,33H,15-23H2,1-6H3/t25-/m0/s1. The molecule has 200 valence electrons. The molecule has 0 aliphatic carbocycles. The lowest BCUT2D eigenvalue weighted by molar-refractivity contribution is 0.00717. The third-order valence-electron chi connectivity index (χ3n) is 6.68.